The Kier molecular flexibility index (Phi) is 8.51. The van der Waals surface area contributed by atoms with Crippen molar-refractivity contribution in [2.24, 2.45) is 0 Å². The van der Waals surface area contributed by atoms with E-state index in [1.54, 1.807) is 12.1 Å². The number of hydrogen-bond acceptors (Lipinski definition) is 5. The SMILES string of the molecule is COc1cc(NC(=O)CN(CCCN(C)C)C(C)=O)c(OC)cc1Cl. The molecule has 0 aliphatic rings. The zero-order valence-corrected chi connectivity index (χ0v) is 16.1. The molecule has 1 aromatic carbocycles. The summed E-state index contributed by atoms with van der Waals surface area (Å²) in [6.07, 6.45) is 0.790. The monoisotopic (exact) mass is 371 g/mol. The first-order valence-corrected chi connectivity index (χ1v) is 8.27. The van der Waals surface area contributed by atoms with Gasteiger partial charge in [0, 0.05) is 25.6 Å². The van der Waals surface area contributed by atoms with Crippen LogP contribution in [-0.2, 0) is 9.59 Å². The van der Waals surface area contributed by atoms with Gasteiger partial charge in [-0.2, -0.15) is 0 Å². The molecule has 1 rings (SSSR count). The highest BCUT2D eigenvalue weighted by Gasteiger charge is 2.16. The average Bonchev–Trinajstić information content (AvgIpc) is 2.54. The zero-order chi connectivity index (χ0) is 19.0. The van der Waals surface area contributed by atoms with E-state index in [1.807, 2.05) is 19.0 Å². The lowest BCUT2D eigenvalue weighted by atomic mass is 10.2. The number of ether oxygens (including phenoxy) is 2. The Hall–Kier alpha value is -1.99. The summed E-state index contributed by atoms with van der Waals surface area (Å²) in [6, 6.07) is 3.15. The van der Waals surface area contributed by atoms with Crippen LogP contribution in [0.4, 0.5) is 5.69 Å². The molecule has 8 heteroatoms. The number of carbonyl (C=O) groups excluding carboxylic acids is 2. The lowest BCUT2D eigenvalue weighted by Gasteiger charge is -2.22. The summed E-state index contributed by atoms with van der Waals surface area (Å²) in [5, 5.41) is 3.12. The van der Waals surface area contributed by atoms with Crippen molar-refractivity contribution in [1.82, 2.24) is 9.80 Å². The number of amides is 2. The summed E-state index contributed by atoms with van der Waals surface area (Å²) < 4.78 is 10.4. The van der Waals surface area contributed by atoms with E-state index >= 15 is 0 Å². The Morgan fingerprint density at radius 3 is 2.28 bits per heavy atom. The van der Waals surface area contributed by atoms with Gasteiger partial charge in [0.1, 0.15) is 11.5 Å². The smallest absolute Gasteiger partial charge is 0.244 e. The van der Waals surface area contributed by atoms with Crippen LogP contribution in [0.3, 0.4) is 0 Å². The van der Waals surface area contributed by atoms with Crippen molar-refractivity contribution in [3.63, 3.8) is 0 Å². The second kappa shape index (κ2) is 10.1. The number of anilines is 1. The van der Waals surface area contributed by atoms with Gasteiger partial charge in [-0.05, 0) is 27.1 Å². The van der Waals surface area contributed by atoms with Crippen LogP contribution in [0.5, 0.6) is 11.5 Å². The van der Waals surface area contributed by atoms with Crippen LogP contribution in [-0.4, -0.2) is 69.6 Å². The van der Waals surface area contributed by atoms with Crippen molar-refractivity contribution >= 4 is 29.1 Å². The molecule has 0 atom stereocenters. The molecule has 0 spiro atoms. The molecule has 0 saturated carbocycles. The van der Waals surface area contributed by atoms with Gasteiger partial charge in [0.05, 0.1) is 31.5 Å². The molecular formula is C17H26ClN3O4. The van der Waals surface area contributed by atoms with Crippen molar-refractivity contribution in [1.29, 1.82) is 0 Å². The first-order valence-electron chi connectivity index (χ1n) is 7.90. The van der Waals surface area contributed by atoms with Gasteiger partial charge in [0.15, 0.2) is 0 Å². The summed E-state index contributed by atoms with van der Waals surface area (Å²) in [5.41, 5.74) is 0.436. The van der Waals surface area contributed by atoms with Gasteiger partial charge in [0.25, 0.3) is 0 Å². The quantitative estimate of drug-likeness (QED) is 0.719. The van der Waals surface area contributed by atoms with E-state index in [1.165, 1.54) is 26.0 Å². The van der Waals surface area contributed by atoms with Gasteiger partial charge in [-0.25, -0.2) is 0 Å². The van der Waals surface area contributed by atoms with Crippen LogP contribution in [0.1, 0.15) is 13.3 Å². The summed E-state index contributed by atoms with van der Waals surface area (Å²) in [4.78, 5) is 27.6. The number of benzene rings is 1. The first kappa shape index (κ1) is 21.1. The second-order valence-corrected chi connectivity index (χ2v) is 6.24. The molecule has 7 nitrogen and oxygen atoms in total. The maximum atomic E-state index is 12.3. The number of rotatable bonds is 9. The normalized spacial score (nSPS) is 10.5. The summed E-state index contributed by atoms with van der Waals surface area (Å²) in [7, 11) is 6.90. The van der Waals surface area contributed by atoms with E-state index < -0.39 is 0 Å². The third kappa shape index (κ3) is 6.80. The van der Waals surface area contributed by atoms with Gasteiger partial charge in [0.2, 0.25) is 11.8 Å². The number of nitrogens with one attached hydrogen (secondary N) is 1. The van der Waals surface area contributed by atoms with Gasteiger partial charge in [-0.15, -0.1) is 0 Å². The van der Waals surface area contributed by atoms with Crippen LogP contribution >= 0.6 is 11.6 Å². The molecule has 0 radical (unpaired) electrons. The fourth-order valence-electron chi connectivity index (χ4n) is 2.25. The first-order chi connectivity index (χ1) is 11.8. The Bertz CT molecular complexity index is 608. The van der Waals surface area contributed by atoms with Crippen molar-refractivity contribution < 1.29 is 19.1 Å². The minimum atomic E-state index is -0.317. The van der Waals surface area contributed by atoms with E-state index in [-0.39, 0.29) is 18.4 Å². The number of halogens is 1. The highest BCUT2D eigenvalue weighted by atomic mass is 35.5. The molecule has 0 aromatic heterocycles. The molecule has 2 amide bonds. The Morgan fingerprint density at radius 1 is 1.12 bits per heavy atom. The van der Waals surface area contributed by atoms with Crippen LogP contribution in [0, 0.1) is 0 Å². The molecule has 0 aliphatic carbocycles. The standard InChI is InChI=1S/C17H26ClN3O4/c1-12(22)21(8-6-7-20(2)3)11-17(23)19-14-10-15(24-4)13(18)9-16(14)25-5/h9-10H,6-8,11H2,1-5H3,(H,19,23). The fourth-order valence-corrected chi connectivity index (χ4v) is 2.48. The van der Waals surface area contributed by atoms with Crippen LogP contribution in [0.25, 0.3) is 0 Å². The van der Waals surface area contributed by atoms with Gasteiger partial charge >= 0.3 is 0 Å². The Balaban J connectivity index is 2.78. The summed E-state index contributed by atoms with van der Waals surface area (Å²) in [5.74, 6) is 0.380. The van der Waals surface area contributed by atoms with Crippen molar-refractivity contribution in [3.8, 4) is 11.5 Å². The minimum absolute atomic E-state index is 0.0309. The fraction of sp³-hybridized carbons (Fsp3) is 0.529. The Labute approximate surface area is 153 Å². The number of hydrogen-bond donors (Lipinski definition) is 1. The van der Waals surface area contributed by atoms with Gasteiger partial charge in [-0.3, -0.25) is 9.59 Å². The number of carbonyl (C=O) groups is 2. The molecule has 0 heterocycles. The topological polar surface area (TPSA) is 71.1 Å². The summed E-state index contributed by atoms with van der Waals surface area (Å²) >= 11 is 6.05. The largest absolute Gasteiger partial charge is 0.495 e. The van der Waals surface area contributed by atoms with Gasteiger partial charge < -0.3 is 24.6 Å². The predicted molar refractivity (Wildman–Crippen MR) is 98.6 cm³/mol. The van der Waals surface area contributed by atoms with E-state index in [2.05, 4.69) is 5.32 Å². The molecular weight excluding hydrogens is 346 g/mol. The maximum absolute atomic E-state index is 12.3. The van der Waals surface area contributed by atoms with E-state index in [4.69, 9.17) is 21.1 Å². The molecule has 1 N–H and O–H groups in total. The Morgan fingerprint density at radius 2 is 1.76 bits per heavy atom. The van der Waals surface area contributed by atoms with Crippen molar-refractivity contribution in [2.75, 3.05) is 53.3 Å². The van der Waals surface area contributed by atoms with E-state index in [9.17, 15) is 9.59 Å². The molecule has 0 aliphatic heterocycles. The lowest BCUT2D eigenvalue weighted by Crippen LogP contribution is -2.38. The molecule has 0 saturated heterocycles. The maximum Gasteiger partial charge on any atom is 0.244 e. The number of nitrogens with zero attached hydrogens (tertiary/aromatic N) is 2. The van der Waals surface area contributed by atoms with Crippen LogP contribution in [0.2, 0.25) is 5.02 Å². The van der Waals surface area contributed by atoms with Crippen LogP contribution < -0.4 is 14.8 Å². The highest BCUT2D eigenvalue weighted by molar-refractivity contribution is 6.32. The van der Waals surface area contributed by atoms with Gasteiger partial charge in [-0.1, -0.05) is 11.6 Å². The molecule has 140 valence electrons. The van der Waals surface area contributed by atoms with Crippen molar-refractivity contribution in [3.05, 3.63) is 17.2 Å². The van der Waals surface area contributed by atoms with Crippen molar-refractivity contribution in [2.45, 2.75) is 13.3 Å². The highest BCUT2D eigenvalue weighted by Crippen LogP contribution is 2.35. The zero-order valence-electron chi connectivity index (χ0n) is 15.4. The van der Waals surface area contributed by atoms with Crippen LogP contribution in [0.15, 0.2) is 12.1 Å². The molecule has 0 unspecified atom stereocenters. The van der Waals surface area contributed by atoms with E-state index in [0.29, 0.717) is 28.8 Å². The number of methoxy groups -OCH3 is 2. The predicted octanol–water partition coefficient (Wildman–Crippen LogP) is 2.10. The minimum Gasteiger partial charge on any atom is -0.495 e. The second-order valence-electron chi connectivity index (χ2n) is 5.83. The molecule has 0 bridgehead atoms. The third-order valence-corrected chi connectivity index (χ3v) is 3.86. The summed E-state index contributed by atoms with van der Waals surface area (Å²) in [6.45, 7) is 2.78. The molecule has 0 fully saturated rings. The average molecular weight is 372 g/mol. The van der Waals surface area contributed by atoms with E-state index in [0.717, 1.165) is 13.0 Å². The lowest BCUT2D eigenvalue weighted by molar-refractivity contribution is -0.132. The molecule has 25 heavy (non-hydrogen) atoms. The third-order valence-electron chi connectivity index (χ3n) is 3.56. The molecule has 1 aromatic rings.